The van der Waals surface area contributed by atoms with Gasteiger partial charge in [-0.25, -0.2) is 4.79 Å². The third-order valence-corrected chi connectivity index (χ3v) is 6.90. The third kappa shape index (κ3) is 6.51. The second-order valence-corrected chi connectivity index (χ2v) is 9.89. The Morgan fingerprint density at radius 1 is 1.06 bits per heavy atom. The van der Waals surface area contributed by atoms with Crippen molar-refractivity contribution < 1.29 is 24.2 Å². The van der Waals surface area contributed by atoms with Gasteiger partial charge in [-0.3, -0.25) is 4.79 Å². The zero-order valence-electron chi connectivity index (χ0n) is 18.6. The van der Waals surface area contributed by atoms with Gasteiger partial charge in [-0.2, -0.15) is 0 Å². The number of urea groups is 1. The van der Waals surface area contributed by atoms with Crippen LogP contribution in [-0.4, -0.2) is 84.0 Å². The van der Waals surface area contributed by atoms with Crippen LogP contribution in [0.5, 0.6) is 0 Å². The molecule has 0 aromatic heterocycles. The molecule has 2 N–H and O–H groups in total. The predicted molar refractivity (Wildman–Crippen MR) is 126 cm³/mol. The van der Waals surface area contributed by atoms with E-state index in [2.05, 4.69) is 5.32 Å². The van der Waals surface area contributed by atoms with Gasteiger partial charge in [0.2, 0.25) is 5.91 Å². The lowest BCUT2D eigenvalue weighted by molar-refractivity contribution is -0.154. The van der Waals surface area contributed by atoms with Gasteiger partial charge in [0.05, 0.1) is 44.4 Å². The van der Waals surface area contributed by atoms with Crippen molar-refractivity contribution in [3.63, 3.8) is 0 Å². The van der Waals surface area contributed by atoms with Crippen LogP contribution in [0.2, 0.25) is 10.0 Å². The van der Waals surface area contributed by atoms with Crippen LogP contribution in [0.25, 0.3) is 0 Å². The predicted octanol–water partition coefficient (Wildman–Crippen LogP) is 3.54. The third-order valence-electron chi connectivity index (χ3n) is 6.47. The van der Waals surface area contributed by atoms with E-state index in [-0.39, 0.29) is 49.9 Å². The Hall–Kier alpha value is -1.58. The standard InChI is InChI=1S/C23H31Cl2N3O5/c24-15-8-16(25)10-17(9-15)26-23(31)28-12-18(29)13-32-14-21-20(28)5-4-19(33-21)11-22(30)27-6-2-1-3-7-27/h8-10,18-21,29H,1-7,11-14H2,(H,26,31)/t18-,19+,20+,21-/m1/s1. The summed E-state index contributed by atoms with van der Waals surface area (Å²) in [5, 5.41) is 14.0. The van der Waals surface area contributed by atoms with E-state index in [0.29, 0.717) is 35.0 Å². The molecule has 3 amide bonds. The number of nitrogens with zero attached hydrogens (tertiary/aromatic N) is 2. The van der Waals surface area contributed by atoms with Gasteiger partial charge in [0.15, 0.2) is 0 Å². The molecule has 4 atom stereocenters. The number of halogens is 2. The van der Waals surface area contributed by atoms with E-state index in [1.54, 1.807) is 23.1 Å². The molecule has 10 heteroatoms. The second kappa shape index (κ2) is 11.2. The number of rotatable bonds is 3. The summed E-state index contributed by atoms with van der Waals surface area (Å²) in [6.45, 7) is 2.11. The minimum atomic E-state index is -0.807. The van der Waals surface area contributed by atoms with Crippen LogP contribution < -0.4 is 5.32 Å². The number of amides is 3. The molecule has 182 valence electrons. The summed E-state index contributed by atoms with van der Waals surface area (Å²) in [6, 6.07) is 4.18. The molecule has 3 heterocycles. The van der Waals surface area contributed by atoms with E-state index in [4.69, 9.17) is 32.7 Å². The Labute approximate surface area is 204 Å². The number of ether oxygens (including phenoxy) is 2. The van der Waals surface area contributed by atoms with Gasteiger partial charge in [0.1, 0.15) is 6.10 Å². The van der Waals surface area contributed by atoms with Gasteiger partial charge in [-0.1, -0.05) is 23.2 Å². The zero-order chi connectivity index (χ0) is 23.4. The van der Waals surface area contributed by atoms with Crippen LogP contribution in [0.1, 0.15) is 38.5 Å². The van der Waals surface area contributed by atoms with Crippen LogP contribution in [0.15, 0.2) is 18.2 Å². The Balaban J connectivity index is 1.42. The number of β-amino-alcohol motifs (C(OH)–C–C–N with tert-alkyl or cyclic N) is 1. The summed E-state index contributed by atoms with van der Waals surface area (Å²) in [7, 11) is 0. The van der Waals surface area contributed by atoms with E-state index in [9.17, 15) is 14.7 Å². The van der Waals surface area contributed by atoms with Gasteiger partial charge in [-0.05, 0) is 50.3 Å². The fraction of sp³-hybridized carbons (Fsp3) is 0.652. The van der Waals surface area contributed by atoms with Crippen LogP contribution in [0.4, 0.5) is 10.5 Å². The maximum Gasteiger partial charge on any atom is 0.322 e. The van der Waals surface area contributed by atoms with Gasteiger partial charge in [-0.15, -0.1) is 0 Å². The Kier molecular flexibility index (Phi) is 8.35. The van der Waals surface area contributed by atoms with Crippen LogP contribution >= 0.6 is 23.2 Å². The molecular formula is C23H31Cl2N3O5. The molecule has 8 nitrogen and oxygen atoms in total. The summed E-state index contributed by atoms with van der Waals surface area (Å²) in [4.78, 5) is 29.4. The number of aliphatic hydroxyl groups excluding tert-OH is 1. The molecule has 0 unspecified atom stereocenters. The fourth-order valence-corrected chi connectivity index (χ4v) is 5.39. The average molecular weight is 500 g/mol. The number of piperidine rings is 1. The summed E-state index contributed by atoms with van der Waals surface area (Å²) in [6.07, 6.45) is 3.56. The van der Waals surface area contributed by atoms with E-state index in [1.165, 1.54) is 6.42 Å². The van der Waals surface area contributed by atoms with E-state index >= 15 is 0 Å². The van der Waals surface area contributed by atoms with Crippen molar-refractivity contribution in [2.45, 2.75) is 62.9 Å². The number of nitrogens with one attached hydrogen (secondary N) is 1. The SMILES string of the molecule is O=C(C[C@@H]1CC[C@H]2[C@@H](COC[C@H](O)CN2C(=O)Nc2cc(Cl)cc(Cl)c2)O1)N1CCCCC1. The van der Waals surface area contributed by atoms with Gasteiger partial charge in [0, 0.05) is 28.8 Å². The highest BCUT2D eigenvalue weighted by atomic mass is 35.5. The molecule has 3 aliphatic heterocycles. The highest BCUT2D eigenvalue weighted by Crippen LogP contribution is 2.29. The van der Waals surface area contributed by atoms with Crippen molar-refractivity contribution >= 4 is 40.8 Å². The van der Waals surface area contributed by atoms with Crippen molar-refractivity contribution in [2.24, 2.45) is 0 Å². The van der Waals surface area contributed by atoms with Crippen LogP contribution in [0.3, 0.4) is 0 Å². The van der Waals surface area contributed by atoms with Crippen molar-refractivity contribution in [3.05, 3.63) is 28.2 Å². The Morgan fingerprint density at radius 3 is 2.52 bits per heavy atom. The lowest BCUT2D eigenvalue weighted by Crippen LogP contribution is -2.58. The number of anilines is 1. The van der Waals surface area contributed by atoms with Crippen molar-refractivity contribution in [2.75, 3.05) is 38.2 Å². The first kappa shape index (κ1) is 24.5. The van der Waals surface area contributed by atoms with E-state index in [0.717, 1.165) is 25.9 Å². The molecule has 1 aromatic carbocycles. The summed E-state index contributed by atoms with van der Waals surface area (Å²) in [5.41, 5.74) is 0.476. The molecule has 0 saturated carbocycles. The maximum atomic E-state index is 13.2. The first-order valence-corrected chi connectivity index (χ1v) is 12.4. The smallest absolute Gasteiger partial charge is 0.322 e. The zero-order valence-corrected chi connectivity index (χ0v) is 20.1. The highest BCUT2D eigenvalue weighted by molar-refractivity contribution is 6.35. The minimum absolute atomic E-state index is 0.108. The topological polar surface area (TPSA) is 91.3 Å². The van der Waals surface area contributed by atoms with Crippen molar-refractivity contribution in [1.82, 2.24) is 9.80 Å². The largest absolute Gasteiger partial charge is 0.389 e. The molecular weight excluding hydrogens is 469 g/mol. The number of benzene rings is 1. The van der Waals surface area contributed by atoms with Gasteiger partial charge < -0.3 is 29.7 Å². The fourth-order valence-electron chi connectivity index (χ4n) is 4.86. The van der Waals surface area contributed by atoms with E-state index in [1.807, 2.05) is 4.90 Å². The lowest BCUT2D eigenvalue weighted by Gasteiger charge is -2.44. The number of aliphatic hydroxyl groups is 1. The summed E-state index contributed by atoms with van der Waals surface area (Å²) < 4.78 is 11.9. The molecule has 0 radical (unpaired) electrons. The molecule has 33 heavy (non-hydrogen) atoms. The molecule has 0 bridgehead atoms. The molecule has 0 aliphatic carbocycles. The van der Waals surface area contributed by atoms with Crippen molar-refractivity contribution in [1.29, 1.82) is 0 Å². The monoisotopic (exact) mass is 499 g/mol. The van der Waals surface area contributed by atoms with E-state index < -0.39 is 6.10 Å². The molecule has 4 rings (SSSR count). The summed E-state index contributed by atoms with van der Waals surface area (Å²) >= 11 is 12.1. The molecule has 0 spiro atoms. The second-order valence-electron chi connectivity index (χ2n) is 9.02. The quantitative estimate of drug-likeness (QED) is 0.663. The molecule has 3 fully saturated rings. The maximum absolute atomic E-state index is 13.2. The Morgan fingerprint density at radius 2 is 1.79 bits per heavy atom. The number of likely N-dealkylation sites (tertiary alicyclic amines) is 1. The summed E-state index contributed by atoms with van der Waals surface area (Å²) in [5.74, 6) is 0.132. The number of carbonyl (C=O) groups excluding carboxylic acids is 2. The lowest BCUT2D eigenvalue weighted by atomic mass is 9.94. The average Bonchev–Trinajstić information content (AvgIpc) is 2.76. The van der Waals surface area contributed by atoms with Crippen molar-refractivity contribution in [3.8, 4) is 0 Å². The molecule has 3 saturated heterocycles. The minimum Gasteiger partial charge on any atom is -0.389 e. The normalized spacial score (nSPS) is 28.5. The van der Waals surface area contributed by atoms with Crippen LogP contribution in [0, 0.1) is 0 Å². The van der Waals surface area contributed by atoms with Gasteiger partial charge >= 0.3 is 6.03 Å². The molecule has 1 aromatic rings. The molecule has 3 aliphatic rings. The first-order valence-electron chi connectivity index (χ1n) is 11.6. The Bertz CT molecular complexity index is 831. The van der Waals surface area contributed by atoms with Gasteiger partial charge in [0.25, 0.3) is 0 Å². The number of hydrogen-bond donors (Lipinski definition) is 2. The highest BCUT2D eigenvalue weighted by Gasteiger charge is 2.40. The first-order chi connectivity index (χ1) is 15.9. The number of fused-ring (bicyclic) bond motifs is 1. The van der Waals surface area contributed by atoms with Crippen LogP contribution in [-0.2, 0) is 14.3 Å². The number of hydrogen-bond acceptors (Lipinski definition) is 5. The number of carbonyl (C=O) groups is 2.